The Bertz CT molecular complexity index is 729. The van der Waals surface area contributed by atoms with Crippen LogP contribution >= 0.6 is 11.6 Å². The number of carbonyl (C=O) groups excluding carboxylic acids is 1. The van der Waals surface area contributed by atoms with Crippen LogP contribution in [0.3, 0.4) is 0 Å². The lowest BCUT2D eigenvalue weighted by atomic mass is 10.1. The van der Waals surface area contributed by atoms with E-state index < -0.39 is 10.8 Å². The van der Waals surface area contributed by atoms with E-state index in [0.717, 1.165) is 11.1 Å². The SMILES string of the molecule is Cc1ccc(C(=O)Nc2cc([N+](=O)[O-])ccc2C)c(Cl)c1. The van der Waals surface area contributed by atoms with E-state index in [1.807, 2.05) is 6.92 Å². The van der Waals surface area contributed by atoms with Crippen LogP contribution < -0.4 is 5.32 Å². The van der Waals surface area contributed by atoms with Gasteiger partial charge in [-0.2, -0.15) is 0 Å². The fraction of sp³-hybridized carbons (Fsp3) is 0.133. The molecule has 0 saturated heterocycles. The van der Waals surface area contributed by atoms with Crippen LogP contribution in [0.1, 0.15) is 21.5 Å². The van der Waals surface area contributed by atoms with E-state index in [1.165, 1.54) is 12.1 Å². The molecule has 5 nitrogen and oxygen atoms in total. The van der Waals surface area contributed by atoms with Gasteiger partial charge < -0.3 is 5.32 Å². The lowest BCUT2D eigenvalue weighted by molar-refractivity contribution is -0.384. The first-order valence-corrected chi connectivity index (χ1v) is 6.59. The van der Waals surface area contributed by atoms with Crippen molar-refractivity contribution in [3.05, 3.63) is 68.2 Å². The zero-order chi connectivity index (χ0) is 15.6. The van der Waals surface area contributed by atoms with Gasteiger partial charge in [0.05, 0.1) is 21.2 Å². The van der Waals surface area contributed by atoms with Crippen LogP contribution in [0.4, 0.5) is 11.4 Å². The number of carbonyl (C=O) groups is 1. The van der Waals surface area contributed by atoms with Crippen molar-refractivity contribution in [3.8, 4) is 0 Å². The first-order valence-electron chi connectivity index (χ1n) is 6.21. The van der Waals surface area contributed by atoms with Gasteiger partial charge in [-0.1, -0.05) is 23.7 Å². The molecule has 0 saturated carbocycles. The van der Waals surface area contributed by atoms with Crippen molar-refractivity contribution in [2.24, 2.45) is 0 Å². The largest absolute Gasteiger partial charge is 0.321 e. The number of rotatable bonds is 3. The molecular weight excluding hydrogens is 292 g/mol. The van der Waals surface area contributed by atoms with E-state index >= 15 is 0 Å². The van der Waals surface area contributed by atoms with Gasteiger partial charge in [0, 0.05) is 12.1 Å². The molecule has 0 atom stereocenters. The smallest absolute Gasteiger partial charge is 0.271 e. The molecule has 0 aliphatic rings. The average molecular weight is 305 g/mol. The number of nitrogens with zero attached hydrogens (tertiary/aromatic N) is 1. The Balaban J connectivity index is 2.31. The first-order chi connectivity index (χ1) is 9.88. The van der Waals surface area contributed by atoms with E-state index in [2.05, 4.69) is 5.32 Å². The Labute approximate surface area is 126 Å². The van der Waals surface area contributed by atoms with Crippen LogP contribution in [0.25, 0.3) is 0 Å². The third-order valence-electron chi connectivity index (χ3n) is 3.05. The van der Waals surface area contributed by atoms with Crippen LogP contribution in [0.15, 0.2) is 36.4 Å². The van der Waals surface area contributed by atoms with Gasteiger partial charge in [-0.15, -0.1) is 0 Å². The van der Waals surface area contributed by atoms with Gasteiger partial charge in [0.25, 0.3) is 11.6 Å². The molecule has 0 unspecified atom stereocenters. The lowest BCUT2D eigenvalue weighted by Crippen LogP contribution is -2.13. The molecule has 0 spiro atoms. The number of benzene rings is 2. The van der Waals surface area contributed by atoms with Crippen molar-refractivity contribution >= 4 is 28.9 Å². The summed E-state index contributed by atoms with van der Waals surface area (Å²) in [7, 11) is 0. The molecular formula is C15H13ClN2O3. The second kappa shape index (κ2) is 5.93. The van der Waals surface area contributed by atoms with Gasteiger partial charge in [0.1, 0.15) is 0 Å². The number of amides is 1. The number of nitro groups is 1. The van der Waals surface area contributed by atoms with Crippen molar-refractivity contribution < 1.29 is 9.72 Å². The fourth-order valence-corrected chi connectivity index (χ4v) is 2.17. The maximum atomic E-state index is 12.2. The minimum absolute atomic E-state index is 0.0779. The summed E-state index contributed by atoms with van der Waals surface area (Å²) in [5, 5.41) is 13.8. The molecule has 108 valence electrons. The van der Waals surface area contributed by atoms with Crippen molar-refractivity contribution in [1.82, 2.24) is 0 Å². The predicted molar refractivity (Wildman–Crippen MR) is 82.0 cm³/mol. The molecule has 0 aliphatic heterocycles. The van der Waals surface area contributed by atoms with Crippen molar-refractivity contribution in [2.45, 2.75) is 13.8 Å². The summed E-state index contributed by atoms with van der Waals surface area (Å²) >= 11 is 6.04. The van der Waals surface area contributed by atoms with Gasteiger partial charge in [-0.3, -0.25) is 14.9 Å². The topological polar surface area (TPSA) is 72.2 Å². The minimum Gasteiger partial charge on any atom is -0.321 e. The summed E-state index contributed by atoms with van der Waals surface area (Å²) in [6.07, 6.45) is 0. The third kappa shape index (κ3) is 3.38. The highest BCUT2D eigenvalue weighted by Crippen LogP contribution is 2.24. The lowest BCUT2D eigenvalue weighted by Gasteiger charge is -2.09. The average Bonchev–Trinajstić information content (AvgIpc) is 2.40. The number of nitrogens with one attached hydrogen (secondary N) is 1. The number of nitro benzene ring substituents is 1. The van der Waals surface area contributed by atoms with E-state index in [4.69, 9.17) is 11.6 Å². The number of anilines is 1. The molecule has 0 heterocycles. The summed E-state index contributed by atoms with van der Waals surface area (Å²) < 4.78 is 0. The molecule has 6 heteroatoms. The maximum absolute atomic E-state index is 12.2. The number of hydrogen-bond donors (Lipinski definition) is 1. The van der Waals surface area contributed by atoms with Crippen LogP contribution in [-0.2, 0) is 0 Å². The molecule has 0 aromatic heterocycles. The number of hydrogen-bond acceptors (Lipinski definition) is 3. The van der Waals surface area contributed by atoms with Gasteiger partial charge >= 0.3 is 0 Å². The van der Waals surface area contributed by atoms with E-state index in [1.54, 1.807) is 31.2 Å². The molecule has 2 rings (SSSR count). The van der Waals surface area contributed by atoms with Gasteiger partial charge in [0.2, 0.25) is 0 Å². The molecule has 0 bridgehead atoms. The highest BCUT2D eigenvalue weighted by molar-refractivity contribution is 6.34. The maximum Gasteiger partial charge on any atom is 0.271 e. The highest BCUT2D eigenvalue weighted by Gasteiger charge is 2.14. The Hall–Kier alpha value is -2.40. The molecule has 1 N–H and O–H groups in total. The van der Waals surface area contributed by atoms with E-state index in [0.29, 0.717) is 16.3 Å². The summed E-state index contributed by atoms with van der Waals surface area (Å²) in [6, 6.07) is 9.40. The highest BCUT2D eigenvalue weighted by atomic mass is 35.5. The molecule has 2 aromatic rings. The van der Waals surface area contributed by atoms with Gasteiger partial charge in [-0.05, 0) is 37.1 Å². The zero-order valence-electron chi connectivity index (χ0n) is 11.5. The molecule has 0 aliphatic carbocycles. The molecule has 1 amide bonds. The second-order valence-corrected chi connectivity index (χ2v) is 5.10. The summed E-state index contributed by atoms with van der Waals surface area (Å²) in [5.74, 6) is -0.399. The van der Waals surface area contributed by atoms with E-state index in [-0.39, 0.29) is 5.69 Å². The molecule has 0 radical (unpaired) electrons. The quantitative estimate of drug-likeness (QED) is 0.685. The Morgan fingerprint density at radius 3 is 2.52 bits per heavy atom. The Kier molecular flexibility index (Phi) is 4.23. The number of halogens is 1. The second-order valence-electron chi connectivity index (χ2n) is 4.69. The van der Waals surface area contributed by atoms with Gasteiger partial charge in [0.15, 0.2) is 0 Å². The van der Waals surface area contributed by atoms with Crippen molar-refractivity contribution in [1.29, 1.82) is 0 Å². The Morgan fingerprint density at radius 1 is 1.19 bits per heavy atom. The number of non-ortho nitro benzene ring substituents is 1. The van der Waals surface area contributed by atoms with Crippen molar-refractivity contribution in [2.75, 3.05) is 5.32 Å². The normalized spacial score (nSPS) is 10.2. The molecule has 0 fully saturated rings. The molecule has 21 heavy (non-hydrogen) atoms. The van der Waals surface area contributed by atoms with Crippen LogP contribution in [0, 0.1) is 24.0 Å². The number of aryl methyl sites for hydroxylation is 2. The summed E-state index contributed by atoms with van der Waals surface area (Å²) in [4.78, 5) is 22.5. The van der Waals surface area contributed by atoms with Gasteiger partial charge in [-0.25, -0.2) is 0 Å². The van der Waals surface area contributed by atoms with Crippen LogP contribution in [0.5, 0.6) is 0 Å². The summed E-state index contributed by atoms with van der Waals surface area (Å²) in [5.41, 5.74) is 2.32. The summed E-state index contributed by atoms with van der Waals surface area (Å²) in [6.45, 7) is 3.63. The van der Waals surface area contributed by atoms with Crippen LogP contribution in [0.2, 0.25) is 5.02 Å². The fourth-order valence-electron chi connectivity index (χ4n) is 1.85. The van der Waals surface area contributed by atoms with Crippen molar-refractivity contribution in [3.63, 3.8) is 0 Å². The predicted octanol–water partition coefficient (Wildman–Crippen LogP) is 4.12. The van der Waals surface area contributed by atoms with Crippen LogP contribution in [-0.4, -0.2) is 10.8 Å². The zero-order valence-corrected chi connectivity index (χ0v) is 12.3. The van der Waals surface area contributed by atoms with E-state index in [9.17, 15) is 14.9 Å². The minimum atomic E-state index is -0.506. The Morgan fingerprint density at radius 2 is 1.90 bits per heavy atom. The monoisotopic (exact) mass is 304 g/mol. The molecule has 2 aromatic carbocycles. The third-order valence-corrected chi connectivity index (χ3v) is 3.36. The first kappa shape index (κ1) is 15.0. The standard InChI is InChI=1S/C15H13ClN2O3/c1-9-3-6-12(13(16)7-9)15(19)17-14-8-11(18(20)21)5-4-10(14)2/h3-8H,1-2H3,(H,17,19).